The highest BCUT2D eigenvalue weighted by molar-refractivity contribution is 5.52. The van der Waals surface area contributed by atoms with Gasteiger partial charge in [-0.15, -0.1) is 0 Å². The second-order valence-corrected chi connectivity index (χ2v) is 4.59. The van der Waals surface area contributed by atoms with Gasteiger partial charge in [0.2, 0.25) is 0 Å². The molecule has 0 amide bonds. The molecule has 98 valence electrons. The SMILES string of the molecule is CCCNCCN(C)c1cc(C)cc2ncnn12. The zero-order chi connectivity index (χ0) is 13.0. The van der Waals surface area contributed by atoms with Crippen molar-refractivity contribution >= 4 is 11.5 Å². The maximum atomic E-state index is 4.27. The number of rotatable bonds is 6. The maximum absolute atomic E-state index is 4.27. The van der Waals surface area contributed by atoms with Crippen LogP contribution in [0.1, 0.15) is 18.9 Å². The van der Waals surface area contributed by atoms with Gasteiger partial charge in [-0.1, -0.05) is 6.92 Å². The molecule has 2 aromatic rings. The first-order valence-corrected chi connectivity index (χ1v) is 6.44. The summed E-state index contributed by atoms with van der Waals surface area (Å²) < 4.78 is 1.88. The van der Waals surface area contributed by atoms with Crippen LogP contribution in [0.15, 0.2) is 18.5 Å². The van der Waals surface area contributed by atoms with E-state index in [9.17, 15) is 0 Å². The fraction of sp³-hybridized carbons (Fsp3) is 0.538. The van der Waals surface area contributed by atoms with Crippen LogP contribution in [0.4, 0.5) is 5.82 Å². The number of aryl methyl sites for hydroxylation is 1. The van der Waals surface area contributed by atoms with Gasteiger partial charge in [-0.3, -0.25) is 0 Å². The first-order chi connectivity index (χ1) is 8.72. The van der Waals surface area contributed by atoms with Crippen molar-refractivity contribution in [1.29, 1.82) is 0 Å². The number of nitrogens with zero attached hydrogens (tertiary/aromatic N) is 4. The van der Waals surface area contributed by atoms with Crippen molar-refractivity contribution in [2.45, 2.75) is 20.3 Å². The second-order valence-electron chi connectivity index (χ2n) is 4.59. The van der Waals surface area contributed by atoms with E-state index in [-0.39, 0.29) is 0 Å². The van der Waals surface area contributed by atoms with Gasteiger partial charge in [-0.05, 0) is 37.6 Å². The highest BCUT2D eigenvalue weighted by Crippen LogP contribution is 2.16. The van der Waals surface area contributed by atoms with Crippen LogP contribution in [-0.4, -0.2) is 41.3 Å². The summed E-state index contributed by atoms with van der Waals surface area (Å²) in [5.74, 6) is 1.08. The maximum Gasteiger partial charge on any atom is 0.157 e. The van der Waals surface area contributed by atoms with Crippen LogP contribution in [0.25, 0.3) is 5.65 Å². The molecule has 0 aliphatic carbocycles. The van der Waals surface area contributed by atoms with Gasteiger partial charge in [0.15, 0.2) is 5.65 Å². The Morgan fingerprint density at radius 3 is 2.94 bits per heavy atom. The predicted octanol–water partition coefficient (Wildman–Crippen LogP) is 1.47. The highest BCUT2D eigenvalue weighted by atomic mass is 15.4. The van der Waals surface area contributed by atoms with Crippen LogP contribution in [0.3, 0.4) is 0 Å². The molecule has 5 heteroatoms. The number of pyridine rings is 1. The first-order valence-electron chi connectivity index (χ1n) is 6.44. The number of nitrogens with one attached hydrogen (secondary N) is 1. The van der Waals surface area contributed by atoms with E-state index in [2.05, 4.69) is 47.3 Å². The van der Waals surface area contributed by atoms with Crippen LogP contribution >= 0.6 is 0 Å². The smallest absolute Gasteiger partial charge is 0.157 e. The topological polar surface area (TPSA) is 45.5 Å². The van der Waals surface area contributed by atoms with Crippen molar-refractivity contribution in [3.8, 4) is 0 Å². The molecule has 0 saturated heterocycles. The Morgan fingerprint density at radius 2 is 2.17 bits per heavy atom. The van der Waals surface area contributed by atoms with E-state index in [0.29, 0.717) is 0 Å². The Labute approximate surface area is 108 Å². The van der Waals surface area contributed by atoms with Crippen molar-refractivity contribution in [1.82, 2.24) is 19.9 Å². The average molecular weight is 247 g/mol. The summed E-state index contributed by atoms with van der Waals surface area (Å²) in [6, 6.07) is 4.18. The van der Waals surface area contributed by atoms with Crippen LogP contribution < -0.4 is 10.2 Å². The molecule has 5 nitrogen and oxygen atoms in total. The predicted molar refractivity (Wildman–Crippen MR) is 74.2 cm³/mol. The molecule has 0 bridgehead atoms. The third kappa shape index (κ3) is 2.79. The molecule has 0 fully saturated rings. The summed E-state index contributed by atoms with van der Waals surface area (Å²) in [6.45, 7) is 7.27. The van der Waals surface area contributed by atoms with Crippen LogP contribution in [0, 0.1) is 6.92 Å². The number of likely N-dealkylation sites (N-methyl/N-ethyl adjacent to an activating group) is 1. The number of anilines is 1. The number of aromatic nitrogens is 3. The summed E-state index contributed by atoms with van der Waals surface area (Å²) >= 11 is 0. The molecule has 1 N–H and O–H groups in total. The average Bonchev–Trinajstić information content (AvgIpc) is 2.81. The van der Waals surface area contributed by atoms with E-state index >= 15 is 0 Å². The fourth-order valence-corrected chi connectivity index (χ4v) is 1.97. The van der Waals surface area contributed by atoms with Gasteiger partial charge in [0, 0.05) is 20.1 Å². The Balaban J connectivity index is 2.11. The molecule has 2 rings (SSSR count). The Bertz CT molecular complexity index is 505. The van der Waals surface area contributed by atoms with Gasteiger partial charge in [-0.25, -0.2) is 4.98 Å². The Morgan fingerprint density at radius 1 is 1.33 bits per heavy atom. The van der Waals surface area contributed by atoms with Crippen molar-refractivity contribution in [2.24, 2.45) is 0 Å². The van der Waals surface area contributed by atoms with E-state index in [1.54, 1.807) is 6.33 Å². The molecule has 0 unspecified atom stereocenters. The van der Waals surface area contributed by atoms with E-state index in [0.717, 1.165) is 31.1 Å². The lowest BCUT2D eigenvalue weighted by atomic mass is 10.3. The van der Waals surface area contributed by atoms with Crippen LogP contribution in [-0.2, 0) is 0 Å². The molecule has 0 saturated carbocycles. The quantitative estimate of drug-likeness (QED) is 0.785. The summed E-state index contributed by atoms with van der Waals surface area (Å²) in [4.78, 5) is 6.45. The minimum atomic E-state index is 0.901. The summed E-state index contributed by atoms with van der Waals surface area (Å²) in [5, 5.41) is 7.67. The minimum Gasteiger partial charge on any atom is -0.358 e. The molecule has 2 aromatic heterocycles. The normalized spacial score (nSPS) is 11.1. The van der Waals surface area contributed by atoms with Crippen molar-refractivity contribution in [3.63, 3.8) is 0 Å². The minimum absolute atomic E-state index is 0.901. The van der Waals surface area contributed by atoms with Crippen LogP contribution in [0.2, 0.25) is 0 Å². The molecular weight excluding hydrogens is 226 g/mol. The molecule has 0 aromatic carbocycles. The summed E-state index contributed by atoms with van der Waals surface area (Å²) in [5.41, 5.74) is 2.11. The monoisotopic (exact) mass is 247 g/mol. The molecule has 0 atom stereocenters. The molecule has 0 aliphatic heterocycles. The fourth-order valence-electron chi connectivity index (χ4n) is 1.97. The van der Waals surface area contributed by atoms with Gasteiger partial charge < -0.3 is 10.2 Å². The summed E-state index contributed by atoms with van der Waals surface area (Å²) in [7, 11) is 2.09. The van der Waals surface area contributed by atoms with Gasteiger partial charge in [-0.2, -0.15) is 9.61 Å². The number of fused-ring (bicyclic) bond motifs is 1. The Hall–Kier alpha value is -1.62. The molecule has 18 heavy (non-hydrogen) atoms. The van der Waals surface area contributed by atoms with Gasteiger partial charge in [0.05, 0.1) is 0 Å². The van der Waals surface area contributed by atoms with E-state index in [1.165, 1.54) is 12.0 Å². The van der Waals surface area contributed by atoms with E-state index < -0.39 is 0 Å². The second kappa shape index (κ2) is 5.82. The molecule has 0 radical (unpaired) electrons. The zero-order valence-corrected chi connectivity index (χ0v) is 11.3. The lowest BCUT2D eigenvalue weighted by molar-refractivity contribution is 0.661. The van der Waals surface area contributed by atoms with Gasteiger partial charge in [0.1, 0.15) is 12.1 Å². The standard InChI is InChI=1S/C13H21N5/c1-4-5-14-6-7-17(3)13-9-11(2)8-12-15-10-16-18(12)13/h8-10,14H,4-7H2,1-3H3. The molecular formula is C13H21N5. The number of hydrogen-bond donors (Lipinski definition) is 1. The van der Waals surface area contributed by atoms with E-state index in [1.807, 2.05) is 10.6 Å². The van der Waals surface area contributed by atoms with Gasteiger partial charge in [0.25, 0.3) is 0 Å². The lowest BCUT2D eigenvalue weighted by Crippen LogP contribution is -2.30. The van der Waals surface area contributed by atoms with Crippen LogP contribution in [0.5, 0.6) is 0 Å². The highest BCUT2D eigenvalue weighted by Gasteiger charge is 2.08. The largest absolute Gasteiger partial charge is 0.358 e. The third-order valence-corrected chi connectivity index (χ3v) is 2.95. The third-order valence-electron chi connectivity index (χ3n) is 2.95. The van der Waals surface area contributed by atoms with Gasteiger partial charge >= 0.3 is 0 Å². The summed E-state index contributed by atoms with van der Waals surface area (Å²) in [6.07, 6.45) is 2.77. The van der Waals surface area contributed by atoms with Crippen molar-refractivity contribution in [2.75, 3.05) is 31.6 Å². The molecule has 0 spiro atoms. The molecule has 0 aliphatic rings. The van der Waals surface area contributed by atoms with Crippen molar-refractivity contribution < 1.29 is 0 Å². The first kappa shape index (κ1) is 12.8. The zero-order valence-electron chi connectivity index (χ0n) is 11.3. The van der Waals surface area contributed by atoms with Crippen molar-refractivity contribution in [3.05, 3.63) is 24.0 Å². The van der Waals surface area contributed by atoms with E-state index in [4.69, 9.17) is 0 Å². The lowest BCUT2D eigenvalue weighted by Gasteiger charge is -2.20. The number of hydrogen-bond acceptors (Lipinski definition) is 4. The Kier molecular flexibility index (Phi) is 4.15. The molecule has 2 heterocycles.